The van der Waals surface area contributed by atoms with E-state index in [4.69, 9.17) is 5.11 Å². The SMILES string of the molecule is O=[N+]([O-])OC1CSSCC1O.O=[N+]([O-])OC1CSSCC1O[N+](=O)[O-].O=[N+]([O-])OCC(CSSCC(CO[N+](=O)[O-])O[N+](=O)[O-])O[N+](=O)[O-]. The average molecular weight is 834 g/mol. The predicted octanol–water partition coefficient (Wildman–Crippen LogP) is 0.793. The fourth-order valence-corrected chi connectivity index (χ4v) is 9.58. The number of hydrogen-bond acceptors (Lipinski definition) is 28. The minimum absolute atomic E-state index is 0.138. The Morgan fingerprint density at radius 2 is 0.857 bits per heavy atom. The van der Waals surface area contributed by atoms with Gasteiger partial charge in [-0.1, -0.05) is 64.8 Å². The Balaban J connectivity index is 0.000000773. The summed E-state index contributed by atoms with van der Waals surface area (Å²) >= 11 is 0. The lowest BCUT2D eigenvalue weighted by Gasteiger charge is -2.26. The number of aliphatic hydroxyl groups is 1. The zero-order chi connectivity index (χ0) is 37.4. The molecule has 35 heteroatoms. The van der Waals surface area contributed by atoms with Crippen LogP contribution in [0.4, 0.5) is 0 Å². The summed E-state index contributed by atoms with van der Waals surface area (Å²) < 4.78 is 0. The molecule has 1 N–H and O–H groups in total. The van der Waals surface area contributed by atoms with E-state index >= 15 is 0 Å². The van der Waals surface area contributed by atoms with Gasteiger partial charge in [0.2, 0.25) is 0 Å². The Labute approximate surface area is 293 Å². The smallest absolute Gasteiger partial charge is 0.294 e. The number of nitrogens with zero attached hydrogens (tertiary/aromatic N) is 7. The van der Waals surface area contributed by atoms with E-state index in [1.165, 1.54) is 43.2 Å². The monoisotopic (exact) mass is 833 g/mol. The summed E-state index contributed by atoms with van der Waals surface area (Å²) in [6, 6.07) is 0. The molecule has 2 aliphatic heterocycles. The normalized spacial score (nSPS) is 20.8. The third kappa shape index (κ3) is 26.1. The van der Waals surface area contributed by atoms with Crippen molar-refractivity contribution in [3.05, 3.63) is 70.8 Å². The predicted molar refractivity (Wildman–Crippen MR) is 166 cm³/mol. The van der Waals surface area contributed by atoms with E-state index in [0.29, 0.717) is 23.0 Å². The van der Waals surface area contributed by atoms with Gasteiger partial charge >= 0.3 is 0 Å². The van der Waals surface area contributed by atoms with Gasteiger partial charge in [0.25, 0.3) is 35.6 Å². The van der Waals surface area contributed by atoms with E-state index in [2.05, 4.69) is 33.9 Å². The van der Waals surface area contributed by atoms with Crippen LogP contribution in [0.3, 0.4) is 0 Å². The Kier molecular flexibility index (Phi) is 24.4. The summed E-state index contributed by atoms with van der Waals surface area (Å²) in [5.41, 5.74) is 0. The number of hydrogen-bond donors (Lipinski definition) is 1. The average Bonchev–Trinajstić information content (AvgIpc) is 2.98. The van der Waals surface area contributed by atoms with E-state index in [9.17, 15) is 70.8 Å². The highest BCUT2D eigenvalue weighted by molar-refractivity contribution is 8.77. The molecule has 2 fully saturated rings. The van der Waals surface area contributed by atoms with Crippen LogP contribution >= 0.6 is 64.8 Å². The van der Waals surface area contributed by atoms with Gasteiger partial charge in [0.15, 0.2) is 0 Å². The first kappa shape index (κ1) is 45.5. The van der Waals surface area contributed by atoms with Crippen LogP contribution in [-0.4, -0.2) is 125 Å². The highest BCUT2D eigenvalue weighted by Crippen LogP contribution is 2.32. The standard InChI is InChI=1S/C6H10N4O12S2.C4H6N2O6S2.C4H7NO4S2/c11-7(12)19-1-5(21-9(15)16)3-23-24-4-6(22-10(17)18)2-20-8(13)14;7-5(8)11-3-1-13-14-2-4(3)12-6(9)10;6-3-1-10-11-2-4(3)9-5(7)8/h5-6H,1-4H2;3-4H,1-2H2;3-4,6H,1-2H2. The van der Waals surface area contributed by atoms with Crippen LogP contribution in [0.15, 0.2) is 0 Å². The lowest BCUT2D eigenvalue weighted by Crippen LogP contribution is -2.40. The Morgan fingerprint density at radius 1 is 0.531 bits per heavy atom. The third-order valence-electron chi connectivity index (χ3n) is 4.40. The van der Waals surface area contributed by atoms with E-state index in [1.54, 1.807) is 0 Å². The second-order valence-electron chi connectivity index (χ2n) is 7.82. The molecule has 0 spiro atoms. The summed E-state index contributed by atoms with van der Waals surface area (Å²) in [6.45, 7) is -1.39. The topological polar surface area (TPSA) is 387 Å². The van der Waals surface area contributed by atoms with Gasteiger partial charge in [-0.15, -0.1) is 70.8 Å². The Morgan fingerprint density at radius 3 is 1.16 bits per heavy atom. The molecular weight excluding hydrogens is 811 g/mol. The van der Waals surface area contributed by atoms with E-state index in [0.717, 1.165) is 21.6 Å². The molecule has 0 radical (unpaired) electrons. The van der Waals surface area contributed by atoms with Crippen molar-refractivity contribution in [1.82, 2.24) is 0 Å². The molecule has 49 heavy (non-hydrogen) atoms. The van der Waals surface area contributed by atoms with E-state index < -0.39 is 85.4 Å². The maximum Gasteiger partial charge on any atom is 0.294 e. The summed E-state index contributed by atoms with van der Waals surface area (Å²) in [7, 11) is 7.50. The summed E-state index contributed by atoms with van der Waals surface area (Å²) in [4.78, 5) is 99.5. The molecule has 0 amide bonds. The lowest BCUT2D eigenvalue weighted by molar-refractivity contribution is -0.796. The van der Waals surface area contributed by atoms with Crippen molar-refractivity contribution in [2.75, 3.05) is 47.7 Å². The molecule has 0 bridgehead atoms. The highest BCUT2D eigenvalue weighted by Gasteiger charge is 2.32. The van der Waals surface area contributed by atoms with Crippen LogP contribution in [-0.2, 0) is 33.9 Å². The molecule has 0 aromatic heterocycles. The van der Waals surface area contributed by atoms with E-state index in [-0.39, 0.29) is 11.5 Å². The summed E-state index contributed by atoms with van der Waals surface area (Å²) in [5, 5.41) is 72.3. The van der Waals surface area contributed by atoms with Gasteiger partial charge in [0, 0.05) is 34.5 Å². The zero-order valence-corrected chi connectivity index (χ0v) is 28.6. The van der Waals surface area contributed by atoms with Gasteiger partial charge in [-0.05, 0) is 0 Å². The first-order valence-corrected chi connectivity index (χ1v) is 19.5. The number of aliphatic hydroxyl groups excluding tert-OH is 1. The molecule has 0 aliphatic carbocycles. The molecule has 0 aromatic rings. The van der Waals surface area contributed by atoms with Crippen molar-refractivity contribution in [3.63, 3.8) is 0 Å². The summed E-state index contributed by atoms with van der Waals surface area (Å²) in [6.07, 6.45) is -5.63. The van der Waals surface area contributed by atoms with Crippen molar-refractivity contribution in [2.24, 2.45) is 0 Å². The molecule has 29 nitrogen and oxygen atoms in total. The maximum absolute atomic E-state index is 10.2. The van der Waals surface area contributed by atoms with Crippen LogP contribution in [0, 0.1) is 70.8 Å². The molecule has 2 heterocycles. The van der Waals surface area contributed by atoms with Crippen LogP contribution in [0.5, 0.6) is 0 Å². The molecule has 282 valence electrons. The first-order chi connectivity index (χ1) is 23.0. The van der Waals surface area contributed by atoms with Crippen LogP contribution in [0.2, 0.25) is 0 Å². The van der Waals surface area contributed by atoms with Gasteiger partial charge < -0.3 is 39.0 Å². The highest BCUT2D eigenvalue weighted by atomic mass is 33.1. The quantitative estimate of drug-likeness (QED) is 0.0722. The van der Waals surface area contributed by atoms with Gasteiger partial charge in [-0.25, -0.2) is 0 Å². The van der Waals surface area contributed by atoms with Crippen LogP contribution in [0.25, 0.3) is 0 Å². The van der Waals surface area contributed by atoms with Crippen LogP contribution < -0.4 is 0 Å². The molecule has 6 unspecified atom stereocenters. The lowest BCUT2D eigenvalue weighted by atomic mass is 10.2. The third-order valence-corrected chi connectivity index (χ3v) is 11.7. The molecule has 2 aliphatic rings. The maximum atomic E-state index is 10.2. The molecule has 0 saturated carbocycles. The minimum Gasteiger partial charge on any atom is -0.390 e. The molecule has 2 rings (SSSR count). The van der Waals surface area contributed by atoms with Crippen molar-refractivity contribution in [3.8, 4) is 0 Å². The molecular formula is C14H23N7O22S6. The zero-order valence-electron chi connectivity index (χ0n) is 23.7. The second kappa shape index (κ2) is 26.3. The first-order valence-electron chi connectivity index (χ1n) is 12.0. The van der Waals surface area contributed by atoms with Gasteiger partial charge in [0.05, 0.1) is 6.10 Å². The van der Waals surface area contributed by atoms with Crippen molar-refractivity contribution in [2.45, 2.75) is 36.6 Å². The largest absolute Gasteiger partial charge is 0.390 e. The van der Waals surface area contributed by atoms with Crippen molar-refractivity contribution in [1.29, 1.82) is 0 Å². The molecule has 0 aromatic carbocycles. The Hall–Kier alpha value is -3.54. The van der Waals surface area contributed by atoms with E-state index in [1.807, 2.05) is 0 Å². The number of rotatable bonds is 21. The Bertz CT molecular complexity index is 1020. The summed E-state index contributed by atoms with van der Waals surface area (Å²) in [5.74, 6) is 1.27. The minimum atomic E-state index is -1.26. The van der Waals surface area contributed by atoms with Gasteiger partial charge in [-0.3, -0.25) is 0 Å². The molecule has 6 atom stereocenters. The van der Waals surface area contributed by atoms with Crippen molar-refractivity contribution < 1.29 is 74.6 Å². The molecule has 2 saturated heterocycles. The van der Waals surface area contributed by atoms with Crippen LogP contribution in [0.1, 0.15) is 0 Å². The fourth-order valence-electron chi connectivity index (χ4n) is 2.52. The van der Waals surface area contributed by atoms with Crippen molar-refractivity contribution >= 4 is 64.8 Å². The van der Waals surface area contributed by atoms with Gasteiger partial charge in [-0.2, -0.15) is 0 Å². The second-order valence-corrected chi connectivity index (χ2v) is 15.5. The fraction of sp³-hybridized carbons (Fsp3) is 1.00. The van der Waals surface area contributed by atoms with Gasteiger partial charge in [0.1, 0.15) is 43.7 Å².